The number of phenols is 1. The Morgan fingerprint density at radius 3 is 2.76 bits per heavy atom. The van der Waals surface area contributed by atoms with E-state index < -0.39 is 11.6 Å². The molecule has 0 spiro atoms. The molecule has 0 radical (unpaired) electrons. The molecule has 3 N–H and O–H groups in total. The number of hydrogen-bond acceptors (Lipinski definition) is 4. The summed E-state index contributed by atoms with van der Waals surface area (Å²) in [6.45, 7) is 7.81. The molecule has 3 amide bonds. The summed E-state index contributed by atoms with van der Waals surface area (Å²) in [5, 5.41) is 14.6. The number of H-pyrrole nitrogens is 1. The minimum absolute atomic E-state index is 0.123. The van der Waals surface area contributed by atoms with Crippen molar-refractivity contribution in [3.63, 3.8) is 0 Å². The molecule has 0 saturated carbocycles. The van der Waals surface area contributed by atoms with E-state index in [0.29, 0.717) is 25.4 Å². The van der Waals surface area contributed by atoms with Gasteiger partial charge in [0, 0.05) is 40.6 Å². The summed E-state index contributed by atoms with van der Waals surface area (Å²) in [7, 11) is 0. The standard InChI is InChI=1S/C26H29BrN4O3/c1-15(2)14-28-9-10-30-24(33)26(3)13-20-19-12-17(27)7-8-21(19)29-22(20)23(31(26)25(30)34)16-5-4-6-18(32)11-16/h4-8,11-12,15,23,28-29,32H,9-10,13-14H2,1-3H3. The molecule has 0 aliphatic carbocycles. The number of hydrogen-bond donors (Lipinski definition) is 3. The van der Waals surface area contributed by atoms with Gasteiger partial charge in [0.15, 0.2) is 0 Å². The van der Waals surface area contributed by atoms with Crippen molar-refractivity contribution < 1.29 is 14.7 Å². The van der Waals surface area contributed by atoms with E-state index in [-0.39, 0.29) is 17.7 Å². The Morgan fingerprint density at radius 2 is 2.03 bits per heavy atom. The number of phenolic OH excluding ortho intramolecular Hbond substituents is 1. The van der Waals surface area contributed by atoms with Gasteiger partial charge in [0.25, 0.3) is 5.91 Å². The summed E-state index contributed by atoms with van der Waals surface area (Å²) in [4.78, 5) is 34.1. The molecule has 2 aromatic carbocycles. The van der Waals surface area contributed by atoms with Crippen molar-refractivity contribution in [1.82, 2.24) is 20.1 Å². The van der Waals surface area contributed by atoms with Crippen LogP contribution in [0.1, 0.15) is 43.6 Å². The highest BCUT2D eigenvalue weighted by Crippen LogP contribution is 2.49. The zero-order valence-corrected chi connectivity index (χ0v) is 21.1. The van der Waals surface area contributed by atoms with Gasteiger partial charge in [0.05, 0.1) is 0 Å². The third kappa shape index (κ3) is 3.60. The van der Waals surface area contributed by atoms with Gasteiger partial charge in [-0.1, -0.05) is 41.9 Å². The van der Waals surface area contributed by atoms with E-state index in [2.05, 4.69) is 46.1 Å². The minimum Gasteiger partial charge on any atom is -0.508 e. The van der Waals surface area contributed by atoms with Crippen LogP contribution in [0.2, 0.25) is 0 Å². The minimum atomic E-state index is -1.02. The zero-order chi connectivity index (χ0) is 24.2. The molecule has 1 saturated heterocycles. The van der Waals surface area contributed by atoms with Crippen LogP contribution >= 0.6 is 15.9 Å². The summed E-state index contributed by atoms with van der Waals surface area (Å²) in [5.74, 6) is 0.434. The lowest BCUT2D eigenvalue weighted by Gasteiger charge is -2.42. The lowest BCUT2D eigenvalue weighted by Crippen LogP contribution is -2.53. The van der Waals surface area contributed by atoms with E-state index >= 15 is 0 Å². The number of urea groups is 1. The van der Waals surface area contributed by atoms with Gasteiger partial charge < -0.3 is 15.4 Å². The fourth-order valence-electron chi connectivity index (χ4n) is 5.31. The second kappa shape index (κ2) is 8.43. The molecular weight excluding hydrogens is 496 g/mol. The fraction of sp³-hybridized carbons (Fsp3) is 0.385. The second-order valence-corrected chi connectivity index (χ2v) is 10.8. The first-order valence-electron chi connectivity index (χ1n) is 11.7. The molecule has 3 heterocycles. The molecule has 34 heavy (non-hydrogen) atoms. The molecule has 178 valence electrons. The van der Waals surface area contributed by atoms with Crippen molar-refractivity contribution in [2.45, 2.75) is 38.8 Å². The zero-order valence-electron chi connectivity index (χ0n) is 19.6. The predicted octanol–water partition coefficient (Wildman–Crippen LogP) is 4.55. The van der Waals surface area contributed by atoms with Gasteiger partial charge in [-0.3, -0.25) is 14.6 Å². The van der Waals surface area contributed by atoms with Crippen molar-refractivity contribution in [3.05, 3.63) is 63.8 Å². The van der Waals surface area contributed by atoms with E-state index in [4.69, 9.17) is 0 Å². The predicted molar refractivity (Wildman–Crippen MR) is 135 cm³/mol. The number of amides is 3. The number of fused-ring (bicyclic) bond motifs is 4. The number of aromatic hydroxyl groups is 1. The van der Waals surface area contributed by atoms with Crippen LogP contribution < -0.4 is 5.32 Å². The van der Waals surface area contributed by atoms with Crippen molar-refractivity contribution in [1.29, 1.82) is 0 Å². The van der Waals surface area contributed by atoms with Crippen molar-refractivity contribution in [3.8, 4) is 5.75 Å². The largest absolute Gasteiger partial charge is 0.508 e. The highest BCUT2D eigenvalue weighted by atomic mass is 79.9. The number of nitrogens with one attached hydrogen (secondary N) is 2. The molecule has 0 bridgehead atoms. The van der Waals surface area contributed by atoms with E-state index in [1.807, 2.05) is 25.1 Å². The Morgan fingerprint density at radius 1 is 1.24 bits per heavy atom. The molecule has 2 aliphatic heterocycles. The van der Waals surface area contributed by atoms with Crippen LogP contribution in [0.5, 0.6) is 5.75 Å². The Labute approximate surface area is 207 Å². The number of aromatic amines is 1. The molecule has 3 aromatic rings. The summed E-state index contributed by atoms with van der Waals surface area (Å²) in [5.41, 5.74) is 2.62. The van der Waals surface area contributed by atoms with Crippen LogP contribution in [0.4, 0.5) is 4.79 Å². The van der Waals surface area contributed by atoms with Crippen LogP contribution in [0, 0.1) is 5.92 Å². The number of halogens is 1. The van der Waals surface area contributed by atoms with Gasteiger partial charge in [-0.15, -0.1) is 0 Å². The summed E-state index contributed by atoms with van der Waals surface area (Å²) >= 11 is 3.57. The molecule has 1 fully saturated rings. The van der Waals surface area contributed by atoms with E-state index in [1.165, 1.54) is 4.90 Å². The van der Waals surface area contributed by atoms with Crippen LogP contribution in [-0.4, -0.2) is 57.0 Å². The Hall–Kier alpha value is -2.84. The summed E-state index contributed by atoms with van der Waals surface area (Å²) in [6.07, 6.45) is 0.425. The molecule has 1 aromatic heterocycles. The van der Waals surface area contributed by atoms with Gasteiger partial charge in [-0.05, 0) is 60.8 Å². The number of nitrogens with zero attached hydrogens (tertiary/aromatic N) is 2. The lowest BCUT2D eigenvalue weighted by molar-refractivity contribution is -0.133. The van der Waals surface area contributed by atoms with Crippen molar-refractivity contribution in [2.24, 2.45) is 5.92 Å². The third-order valence-corrected chi connectivity index (χ3v) is 7.37. The highest BCUT2D eigenvalue weighted by molar-refractivity contribution is 9.10. The van der Waals surface area contributed by atoms with Crippen molar-refractivity contribution >= 4 is 38.8 Å². The highest BCUT2D eigenvalue weighted by Gasteiger charge is 2.60. The van der Waals surface area contributed by atoms with E-state index in [9.17, 15) is 14.7 Å². The number of carbonyl (C=O) groups excluding carboxylic acids is 2. The Bertz CT molecular complexity index is 1290. The Balaban J connectivity index is 1.61. The van der Waals surface area contributed by atoms with E-state index in [0.717, 1.165) is 38.7 Å². The van der Waals surface area contributed by atoms with Gasteiger partial charge in [-0.25, -0.2) is 4.79 Å². The molecule has 2 atom stereocenters. The molecule has 2 unspecified atom stereocenters. The topological polar surface area (TPSA) is 88.7 Å². The fourth-order valence-corrected chi connectivity index (χ4v) is 5.67. The molecule has 7 nitrogen and oxygen atoms in total. The SMILES string of the molecule is CC(C)CNCCN1C(=O)N2C(c3cccc(O)c3)c3[nH]c4ccc(Br)cc4c3CC2(C)C1=O. The first-order chi connectivity index (χ1) is 16.2. The van der Waals surface area contributed by atoms with Crippen LogP contribution in [0.25, 0.3) is 10.9 Å². The van der Waals surface area contributed by atoms with Crippen LogP contribution in [0.15, 0.2) is 46.9 Å². The molecular formula is C26H29BrN4O3. The molecule has 8 heteroatoms. The maximum atomic E-state index is 13.8. The van der Waals surface area contributed by atoms with Crippen LogP contribution in [0.3, 0.4) is 0 Å². The van der Waals surface area contributed by atoms with Crippen molar-refractivity contribution in [2.75, 3.05) is 19.6 Å². The molecule has 5 rings (SSSR count). The molecule has 2 aliphatic rings. The third-order valence-electron chi connectivity index (χ3n) is 6.88. The first kappa shape index (κ1) is 22.9. The van der Waals surface area contributed by atoms with Gasteiger partial charge in [0.2, 0.25) is 0 Å². The number of aromatic nitrogens is 1. The average Bonchev–Trinajstić information content (AvgIpc) is 3.22. The smallest absolute Gasteiger partial charge is 0.328 e. The summed E-state index contributed by atoms with van der Waals surface area (Å²) < 4.78 is 0.954. The maximum Gasteiger partial charge on any atom is 0.328 e. The van der Waals surface area contributed by atoms with Crippen LogP contribution in [-0.2, 0) is 11.2 Å². The summed E-state index contributed by atoms with van der Waals surface area (Å²) in [6, 6.07) is 12.2. The number of carbonyl (C=O) groups is 2. The number of imide groups is 1. The first-order valence-corrected chi connectivity index (χ1v) is 12.4. The average molecular weight is 525 g/mol. The Kier molecular flexibility index (Phi) is 5.68. The quantitative estimate of drug-likeness (QED) is 0.326. The number of benzene rings is 2. The lowest BCUT2D eigenvalue weighted by atomic mass is 9.81. The van der Waals surface area contributed by atoms with Gasteiger partial charge in [0.1, 0.15) is 17.3 Å². The maximum absolute atomic E-state index is 13.8. The second-order valence-electron chi connectivity index (χ2n) is 9.86. The van der Waals surface area contributed by atoms with Gasteiger partial charge >= 0.3 is 6.03 Å². The number of rotatable bonds is 6. The van der Waals surface area contributed by atoms with Gasteiger partial charge in [-0.2, -0.15) is 0 Å². The van der Waals surface area contributed by atoms with E-state index in [1.54, 1.807) is 23.1 Å². The monoisotopic (exact) mass is 524 g/mol. The normalized spacial score (nSPS) is 22.1.